The number of halogens is 1. The molecule has 0 bridgehead atoms. The predicted molar refractivity (Wildman–Crippen MR) is 129 cm³/mol. The van der Waals surface area contributed by atoms with Gasteiger partial charge in [-0.15, -0.1) is 4.91 Å². The van der Waals surface area contributed by atoms with Crippen molar-refractivity contribution in [3.05, 3.63) is 100 Å². The van der Waals surface area contributed by atoms with Crippen molar-refractivity contribution in [1.82, 2.24) is 0 Å². The molecule has 6 nitrogen and oxygen atoms in total. The number of phenols is 1. The van der Waals surface area contributed by atoms with Crippen molar-refractivity contribution in [2.45, 2.75) is 12.5 Å². The fourth-order valence-corrected chi connectivity index (χ4v) is 3.76. The largest absolute Gasteiger partial charge is 0.505 e. The van der Waals surface area contributed by atoms with Gasteiger partial charge in [-0.3, -0.25) is 4.79 Å². The zero-order valence-electron chi connectivity index (χ0n) is 17.0. The van der Waals surface area contributed by atoms with E-state index in [0.29, 0.717) is 27.9 Å². The molecule has 1 atom stereocenters. The number of hydrogen-bond donors (Lipinski definition) is 3. The number of nitrogens with zero attached hydrogens (tertiary/aromatic N) is 1. The Morgan fingerprint density at radius 2 is 1.66 bits per heavy atom. The second kappa shape index (κ2) is 9.49. The van der Waals surface area contributed by atoms with Crippen LogP contribution in [0.5, 0.6) is 5.75 Å². The van der Waals surface area contributed by atoms with Crippen LogP contribution in [0.4, 0.5) is 17.1 Å². The standard InChI is InChI=1S/C25H20ClN3O3/c26-17-9-6-10-18(14-17)27-25(31)23(13-16-7-2-1-3-8-16)28-22-15-21(29-32)19-11-4-5-12-20(19)24(22)30/h1-12,14-15,23,28,30H,13H2,(H,27,31). The number of hydrogen-bond acceptors (Lipinski definition) is 5. The van der Waals surface area contributed by atoms with Gasteiger partial charge in [0.15, 0.2) is 0 Å². The summed E-state index contributed by atoms with van der Waals surface area (Å²) in [6.07, 6.45) is 0.351. The monoisotopic (exact) mass is 445 g/mol. The number of fused-ring (bicyclic) bond motifs is 1. The highest BCUT2D eigenvalue weighted by Crippen LogP contribution is 2.39. The average molecular weight is 446 g/mol. The lowest BCUT2D eigenvalue weighted by Gasteiger charge is -2.21. The summed E-state index contributed by atoms with van der Waals surface area (Å²) in [5.74, 6) is -0.370. The zero-order valence-corrected chi connectivity index (χ0v) is 17.7. The normalized spacial score (nSPS) is 11.7. The van der Waals surface area contributed by atoms with Crippen LogP contribution < -0.4 is 10.6 Å². The maximum absolute atomic E-state index is 13.2. The lowest BCUT2D eigenvalue weighted by atomic mass is 10.0. The van der Waals surface area contributed by atoms with Gasteiger partial charge in [0.1, 0.15) is 17.5 Å². The van der Waals surface area contributed by atoms with Crippen LogP contribution in [-0.4, -0.2) is 17.1 Å². The molecule has 0 aliphatic rings. The summed E-state index contributed by atoms with van der Waals surface area (Å²) in [5.41, 5.74) is 1.91. The number of rotatable bonds is 7. The van der Waals surface area contributed by atoms with Crippen LogP contribution in [0.3, 0.4) is 0 Å². The molecule has 1 amide bonds. The second-order valence-electron chi connectivity index (χ2n) is 7.31. The Morgan fingerprint density at radius 3 is 2.38 bits per heavy atom. The summed E-state index contributed by atoms with van der Waals surface area (Å²) < 4.78 is 0. The molecule has 0 aliphatic carbocycles. The van der Waals surface area contributed by atoms with Crippen molar-refractivity contribution in [2.75, 3.05) is 10.6 Å². The molecule has 0 heterocycles. The van der Waals surface area contributed by atoms with Gasteiger partial charge in [-0.05, 0) is 35.0 Å². The summed E-state index contributed by atoms with van der Waals surface area (Å²) in [6, 6.07) is 24.0. The third-order valence-electron chi connectivity index (χ3n) is 5.11. The number of nitrogens with one attached hydrogen (secondary N) is 2. The third-order valence-corrected chi connectivity index (χ3v) is 5.35. The minimum Gasteiger partial charge on any atom is -0.505 e. The molecule has 4 aromatic carbocycles. The molecule has 0 saturated carbocycles. The van der Waals surface area contributed by atoms with Gasteiger partial charge in [0, 0.05) is 27.9 Å². The van der Waals surface area contributed by atoms with Gasteiger partial charge in [0.05, 0.1) is 5.69 Å². The maximum Gasteiger partial charge on any atom is 0.247 e. The fraction of sp³-hybridized carbons (Fsp3) is 0.0800. The predicted octanol–water partition coefficient (Wildman–Crippen LogP) is 6.26. The molecule has 7 heteroatoms. The van der Waals surface area contributed by atoms with Crippen LogP contribution in [0.15, 0.2) is 90.1 Å². The number of phenolic OH excluding ortho intramolecular Hbond substituents is 1. The van der Waals surface area contributed by atoms with E-state index in [-0.39, 0.29) is 23.0 Å². The summed E-state index contributed by atoms with van der Waals surface area (Å²) in [7, 11) is 0. The van der Waals surface area contributed by atoms with Gasteiger partial charge >= 0.3 is 0 Å². The molecule has 0 fully saturated rings. The first-order chi connectivity index (χ1) is 15.5. The lowest BCUT2D eigenvalue weighted by molar-refractivity contribution is -0.116. The number of aromatic hydroxyl groups is 1. The molecule has 32 heavy (non-hydrogen) atoms. The quantitative estimate of drug-likeness (QED) is 0.231. The Hall–Kier alpha value is -3.90. The van der Waals surface area contributed by atoms with Crippen molar-refractivity contribution in [2.24, 2.45) is 5.18 Å². The molecule has 4 rings (SSSR count). The summed E-state index contributed by atoms with van der Waals surface area (Å²) in [4.78, 5) is 24.6. The van der Waals surface area contributed by atoms with E-state index in [9.17, 15) is 14.8 Å². The van der Waals surface area contributed by atoms with Crippen LogP contribution in [0.2, 0.25) is 5.02 Å². The first-order valence-electron chi connectivity index (χ1n) is 10.00. The van der Waals surface area contributed by atoms with Gasteiger partial charge < -0.3 is 15.7 Å². The van der Waals surface area contributed by atoms with Crippen LogP contribution in [-0.2, 0) is 11.2 Å². The highest BCUT2D eigenvalue weighted by molar-refractivity contribution is 6.30. The number of carbonyl (C=O) groups is 1. The van der Waals surface area contributed by atoms with E-state index in [4.69, 9.17) is 11.6 Å². The number of benzene rings is 4. The van der Waals surface area contributed by atoms with E-state index in [2.05, 4.69) is 15.8 Å². The number of amides is 1. The number of carbonyl (C=O) groups excluding carboxylic acids is 1. The molecule has 160 valence electrons. The van der Waals surface area contributed by atoms with Gasteiger partial charge in [-0.2, -0.15) is 0 Å². The van der Waals surface area contributed by atoms with E-state index in [1.54, 1.807) is 48.5 Å². The Bertz CT molecular complexity index is 1280. The van der Waals surface area contributed by atoms with Gasteiger partial charge in [-0.1, -0.05) is 72.3 Å². The Labute approximate surface area is 189 Å². The molecule has 0 spiro atoms. The zero-order chi connectivity index (χ0) is 22.5. The smallest absolute Gasteiger partial charge is 0.247 e. The minimum atomic E-state index is -0.747. The molecule has 1 unspecified atom stereocenters. The molecule has 3 N–H and O–H groups in total. The van der Waals surface area contributed by atoms with E-state index < -0.39 is 6.04 Å². The summed E-state index contributed by atoms with van der Waals surface area (Å²) in [5, 5.41) is 21.4. The SMILES string of the molecule is O=Nc1cc(NC(Cc2ccccc2)C(=O)Nc2cccc(Cl)c2)c(O)c2ccccc12. The van der Waals surface area contributed by atoms with Gasteiger partial charge in [-0.25, -0.2) is 0 Å². The second-order valence-corrected chi connectivity index (χ2v) is 7.75. The summed E-state index contributed by atoms with van der Waals surface area (Å²) >= 11 is 6.04. The van der Waals surface area contributed by atoms with E-state index in [0.717, 1.165) is 5.56 Å². The highest BCUT2D eigenvalue weighted by Gasteiger charge is 2.22. The molecule has 0 aliphatic heterocycles. The van der Waals surface area contributed by atoms with Crippen LogP contribution in [0.1, 0.15) is 5.56 Å². The lowest BCUT2D eigenvalue weighted by Crippen LogP contribution is -2.36. The molecule has 4 aromatic rings. The Kier molecular flexibility index (Phi) is 6.33. The molecular formula is C25H20ClN3O3. The molecule has 0 aromatic heterocycles. The topological polar surface area (TPSA) is 90.8 Å². The highest BCUT2D eigenvalue weighted by atomic mass is 35.5. The van der Waals surface area contributed by atoms with Crippen molar-refractivity contribution in [3.8, 4) is 5.75 Å². The number of nitroso groups, excluding NO2 is 1. The summed E-state index contributed by atoms with van der Waals surface area (Å²) in [6.45, 7) is 0. The van der Waals surface area contributed by atoms with E-state index in [1.165, 1.54) is 6.07 Å². The van der Waals surface area contributed by atoms with Crippen LogP contribution in [0, 0.1) is 4.91 Å². The Morgan fingerprint density at radius 1 is 0.938 bits per heavy atom. The Balaban J connectivity index is 1.69. The average Bonchev–Trinajstić information content (AvgIpc) is 2.81. The molecule has 0 radical (unpaired) electrons. The third kappa shape index (κ3) is 4.71. The van der Waals surface area contributed by atoms with Crippen molar-refractivity contribution in [1.29, 1.82) is 0 Å². The first-order valence-corrected chi connectivity index (χ1v) is 10.4. The van der Waals surface area contributed by atoms with Gasteiger partial charge in [0.2, 0.25) is 5.91 Å². The molecule has 0 saturated heterocycles. The maximum atomic E-state index is 13.2. The van der Waals surface area contributed by atoms with Crippen LogP contribution >= 0.6 is 11.6 Å². The van der Waals surface area contributed by atoms with Crippen molar-refractivity contribution in [3.63, 3.8) is 0 Å². The minimum absolute atomic E-state index is 0.0541. The van der Waals surface area contributed by atoms with Crippen molar-refractivity contribution < 1.29 is 9.90 Å². The number of anilines is 2. The fourth-order valence-electron chi connectivity index (χ4n) is 3.57. The van der Waals surface area contributed by atoms with E-state index in [1.807, 2.05) is 30.3 Å². The van der Waals surface area contributed by atoms with E-state index >= 15 is 0 Å². The van der Waals surface area contributed by atoms with Crippen LogP contribution in [0.25, 0.3) is 10.8 Å². The van der Waals surface area contributed by atoms with Crippen molar-refractivity contribution >= 4 is 45.3 Å². The molecular weight excluding hydrogens is 426 g/mol. The van der Waals surface area contributed by atoms with Gasteiger partial charge in [0.25, 0.3) is 0 Å². The first kappa shape index (κ1) is 21.3.